The number of anilines is 3. The summed E-state index contributed by atoms with van der Waals surface area (Å²) >= 11 is 0. The normalized spacial score (nSPS) is 17.7. The second-order valence-corrected chi connectivity index (χ2v) is 4.43. The summed E-state index contributed by atoms with van der Waals surface area (Å²) in [6.07, 6.45) is 2.08. The van der Waals surface area contributed by atoms with Crippen LogP contribution in [0, 0.1) is 5.92 Å². The van der Waals surface area contributed by atoms with Gasteiger partial charge in [0.25, 0.3) is 0 Å². The summed E-state index contributed by atoms with van der Waals surface area (Å²) in [7, 11) is 0. The average Bonchev–Trinajstić information content (AvgIpc) is 2.33. The lowest BCUT2D eigenvalue weighted by Gasteiger charge is -2.33. The van der Waals surface area contributed by atoms with Gasteiger partial charge in [0.1, 0.15) is 0 Å². The lowest BCUT2D eigenvalue weighted by molar-refractivity contribution is 0.203. The summed E-state index contributed by atoms with van der Waals surface area (Å²) in [5.41, 5.74) is 13.9. The zero-order valence-corrected chi connectivity index (χ0v) is 9.39. The fraction of sp³-hybridized carbons (Fsp3) is 0.500. The Morgan fingerprint density at radius 3 is 2.44 bits per heavy atom. The maximum absolute atomic E-state index is 9.07. The van der Waals surface area contributed by atoms with Crippen LogP contribution in [-0.2, 0) is 0 Å². The van der Waals surface area contributed by atoms with Gasteiger partial charge in [-0.15, -0.1) is 0 Å². The zero-order chi connectivity index (χ0) is 11.5. The molecule has 0 amide bonds. The van der Waals surface area contributed by atoms with Gasteiger partial charge in [-0.3, -0.25) is 0 Å². The highest BCUT2D eigenvalue weighted by molar-refractivity contribution is 5.69. The van der Waals surface area contributed by atoms with Crippen molar-refractivity contribution in [2.75, 3.05) is 36.1 Å². The molecule has 0 atom stereocenters. The molecule has 1 aromatic rings. The molecule has 1 heterocycles. The molecule has 88 valence electrons. The Labute approximate surface area is 95.8 Å². The number of piperidine rings is 1. The van der Waals surface area contributed by atoms with Crippen molar-refractivity contribution in [1.29, 1.82) is 0 Å². The first-order valence-corrected chi connectivity index (χ1v) is 5.71. The number of nitrogens with two attached hydrogens (primary N) is 2. The van der Waals surface area contributed by atoms with Gasteiger partial charge in [-0.25, -0.2) is 0 Å². The molecule has 1 aliphatic rings. The van der Waals surface area contributed by atoms with E-state index in [1.54, 1.807) is 0 Å². The molecule has 4 nitrogen and oxygen atoms in total. The second-order valence-electron chi connectivity index (χ2n) is 4.43. The predicted molar refractivity (Wildman–Crippen MR) is 67.3 cm³/mol. The topological polar surface area (TPSA) is 75.5 Å². The van der Waals surface area contributed by atoms with Crippen LogP contribution in [0.2, 0.25) is 0 Å². The third-order valence-electron chi connectivity index (χ3n) is 3.31. The lowest BCUT2D eigenvalue weighted by Crippen LogP contribution is -2.34. The predicted octanol–water partition coefficient (Wildman–Crippen LogP) is 1.06. The van der Waals surface area contributed by atoms with Crippen molar-refractivity contribution in [1.82, 2.24) is 0 Å². The highest BCUT2D eigenvalue weighted by Gasteiger charge is 2.18. The van der Waals surface area contributed by atoms with Gasteiger partial charge >= 0.3 is 0 Å². The van der Waals surface area contributed by atoms with Crippen LogP contribution in [-0.4, -0.2) is 24.8 Å². The molecule has 0 saturated carbocycles. The number of aliphatic hydroxyl groups is 1. The fourth-order valence-corrected chi connectivity index (χ4v) is 2.13. The molecule has 1 saturated heterocycles. The first-order chi connectivity index (χ1) is 7.70. The molecule has 0 unspecified atom stereocenters. The van der Waals surface area contributed by atoms with E-state index in [0.717, 1.165) is 31.6 Å². The van der Waals surface area contributed by atoms with Crippen LogP contribution in [0.25, 0.3) is 0 Å². The van der Waals surface area contributed by atoms with E-state index in [0.29, 0.717) is 23.9 Å². The van der Waals surface area contributed by atoms with Crippen LogP contribution < -0.4 is 16.4 Å². The van der Waals surface area contributed by atoms with Gasteiger partial charge < -0.3 is 21.5 Å². The molecular weight excluding hydrogens is 202 g/mol. The van der Waals surface area contributed by atoms with Gasteiger partial charge in [0.15, 0.2) is 0 Å². The third-order valence-corrected chi connectivity index (χ3v) is 3.31. The first kappa shape index (κ1) is 11.1. The molecule has 2 rings (SSSR count). The standard InChI is InChI=1S/C12H19N3O/c13-11-2-1-10(7-12(11)14)15-5-3-9(8-16)4-6-15/h1-2,7,9,16H,3-6,8,13-14H2. The second kappa shape index (κ2) is 4.61. The number of aliphatic hydroxyl groups excluding tert-OH is 1. The Hall–Kier alpha value is -1.42. The smallest absolute Gasteiger partial charge is 0.0568 e. The van der Waals surface area contributed by atoms with Crippen molar-refractivity contribution in [3.05, 3.63) is 18.2 Å². The van der Waals surface area contributed by atoms with Crippen molar-refractivity contribution in [2.45, 2.75) is 12.8 Å². The van der Waals surface area contributed by atoms with Crippen LogP contribution in [0.5, 0.6) is 0 Å². The van der Waals surface area contributed by atoms with Crippen LogP contribution in [0.1, 0.15) is 12.8 Å². The van der Waals surface area contributed by atoms with E-state index in [9.17, 15) is 0 Å². The summed E-state index contributed by atoms with van der Waals surface area (Å²) < 4.78 is 0. The summed E-state index contributed by atoms with van der Waals surface area (Å²) in [4.78, 5) is 2.29. The largest absolute Gasteiger partial charge is 0.397 e. The molecule has 1 aromatic carbocycles. The van der Waals surface area contributed by atoms with Gasteiger partial charge in [-0.1, -0.05) is 0 Å². The van der Waals surface area contributed by atoms with Gasteiger partial charge in [-0.2, -0.15) is 0 Å². The molecule has 0 aromatic heterocycles. The molecule has 1 fully saturated rings. The van der Waals surface area contributed by atoms with Gasteiger partial charge in [0.05, 0.1) is 11.4 Å². The van der Waals surface area contributed by atoms with E-state index < -0.39 is 0 Å². The number of nitrogen functional groups attached to an aromatic ring is 2. The molecule has 0 radical (unpaired) electrons. The van der Waals surface area contributed by atoms with Gasteiger partial charge in [0.2, 0.25) is 0 Å². The van der Waals surface area contributed by atoms with E-state index in [1.807, 2.05) is 18.2 Å². The third kappa shape index (κ3) is 2.22. The van der Waals surface area contributed by atoms with Crippen molar-refractivity contribution in [3.63, 3.8) is 0 Å². The Balaban J connectivity index is 2.05. The molecular formula is C12H19N3O. The molecule has 4 heteroatoms. The van der Waals surface area contributed by atoms with E-state index >= 15 is 0 Å². The van der Waals surface area contributed by atoms with E-state index in [2.05, 4.69) is 4.90 Å². The molecule has 0 bridgehead atoms. The Bertz CT molecular complexity index is 359. The SMILES string of the molecule is Nc1ccc(N2CCC(CO)CC2)cc1N. The average molecular weight is 221 g/mol. The molecule has 5 N–H and O–H groups in total. The number of hydrogen-bond acceptors (Lipinski definition) is 4. The van der Waals surface area contributed by atoms with Crippen molar-refractivity contribution in [2.24, 2.45) is 5.92 Å². The number of benzene rings is 1. The van der Waals surface area contributed by atoms with E-state index in [4.69, 9.17) is 16.6 Å². The Morgan fingerprint density at radius 2 is 1.88 bits per heavy atom. The summed E-state index contributed by atoms with van der Waals surface area (Å²) in [5, 5.41) is 9.07. The minimum Gasteiger partial charge on any atom is -0.397 e. The van der Waals surface area contributed by atoms with Crippen LogP contribution >= 0.6 is 0 Å². The minimum absolute atomic E-state index is 0.303. The van der Waals surface area contributed by atoms with Crippen molar-refractivity contribution in [3.8, 4) is 0 Å². The van der Waals surface area contributed by atoms with Crippen molar-refractivity contribution < 1.29 is 5.11 Å². The van der Waals surface area contributed by atoms with E-state index in [-0.39, 0.29) is 0 Å². The molecule has 16 heavy (non-hydrogen) atoms. The van der Waals surface area contributed by atoms with Crippen LogP contribution in [0.3, 0.4) is 0 Å². The molecule has 0 aliphatic carbocycles. The highest BCUT2D eigenvalue weighted by Crippen LogP contribution is 2.26. The molecule has 1 aliphatic heterocycles. The zero-order valence-electron chi connectivity index (χ0n) is 9.39. The molecule has 0 spiro atoms. The van der Waals surface area contributed by atoms with Gasteiger partial charge in [-0.05, 0) is 37.0 Å². The monoisotopic (exact) mass is 221 g/mol. The lowest BCUT2D eigenvalue weighted by atomic mass is 9.97. The Morgan fingerprint density at radius 1 is 1.19 bits per heavy atom. The quantitative estimate of drug-likeness (QED) is 0.653. The number of rotatable bonds is 2. The van der Waals surface area contributed by atoms with Gasteiger partial charge in [0, 0.05) is 25.4 Å². The minimum atomic E-state index is 0.303. The number of nitrogens with zero attached hydrogens (tertiary/aromatic N) is 1. The maximum atomic E-state index is 9.07. The van der Waals surface area contributed by atoms with E-state index in [1.165, 1.54) is 0 Å². The summed E-state index contributed by atoms with van der Waals surface area (Å²) in [6.45, 7) is 2.26. The first-order valence-electron chi connectivity index (χ1n) is 5.71. The van der Waals surface area contributed by atoms with Crippen LogP contribution in [0.15, 0.2) is 18.2 Å². The van der Waals surface area contributed by atoms with Crippen LogP contribution in [0.4, 0.5) is 17.1 Å². The summed E-state index contributed by atoms with van der Waals surface area (Å²) in [6, 6.07) is 5.78. The van der Waals surface area contributed by atoms with Crippen molar-refractivity contribution >= 4 is 17.1 Å². The highest BCUT2D eigenvalue weighted by atomic mass is 16.3. The maximum Gasteiger partial charge on any atom is 0.0568 e. The fourth-order valence-electron chi connectivity index (χ4n) is 2.13. The summed E-state index contributed by atoms with van der Waals surface area (Å²) in [5.74, 6) is 0.461. The Kier molecular flexibility index (Phi) is 3.19. The number of hydrogen-bond donors (Lipinski definition) is 3.